The van der Waals surface area contributed by atoms with Gasteiger partial charge in [-0.2, -0.15) is 0 Å². The number of rotatable bonds is 5. The molecule has 1 heterocycles. The maximum Gasteiger partial charge on any atom is 0.216 e. The van der Waals surface area contributed by atoms with Crippen LogP contribution in [0.5, 0.6) is 5.88 Å². The van der Waals surface area contributed by atoms with Gasteiger partial charge in [-0.3, -0.25) is 0 Å². The van der Waals surface area contributed by atoms with Gasteiger partial charge < -0.3 is 10.5 Å². The Bertz CT molecular complexity index is 299. The first-order valence-electron chi connectivity index (χ1n) is 5.44. The number of aromatic nitrogens is 1. The standard InChI is InChI=1S/C12H20N2O/c1-9(2)15-12-11(5-4-6-14-12)7-10(3)8-13/h4-6,9-10H,7-8,13H2,1-3H3. The molecule has 1 aromatic rings. The van der Waals surface area contributed by atoms with Gasteiger partial charge in [0.15, 0.2) is 0 Å². The minimum absolute atomic E-state index is 0.159. The van der Waals surface area contributed by atoms with Crippen LogP contribution in [0.25, 0.3) is 0 Å². The summed E-state index contributed by atoms with van der Waals surface area (Å²) in [6.45, 7) is 6.83. The monoisotopic (exact) mass is 208 g/mol. The average Bonchev–Trinajstić information content (AvgIpc) is 2.20. The van der Waals surface area contributed by atoms with E-state index in [0.29, 0.717) is 12.5 Å². The largest absolute Gasteiger partial charge is 0.475 e. The molecule has 0 saturated heterocycles. The minimum atomic E-state index is 0.159. The van der Waals surface area contributed by atoms with Gasteiger partial charge in [0.2, 0.25) is 5.88 Å². The van der Waals surface area contributed by atoms with Crippen molar-refractivity contribution in [2.75, 3.05) is 6.54 Å². The van der Waals surface area contributed by atoms with Gasteiger partial charge in [0.1, 0.15) is 0 Å². The molecule has 0 fully saturated rings. The fraction of sp³-hybridized carbons (Fsp3) is 0.583. The van der Waals surface area contributed by atoms with Gasteiger partial charge in [-0.1, -0.05) is 13.0 Å². The van der Waals surface area contributed by atoms with Crippen molar-refractivity contribution < 1.29 is 4.74 Å². The zero-order chi connectivity index (χ0) is 11.3. The molecule has 0 saturated carbocycles. The fourth-order valence-electron chi connectivity index (χ4n) is 1.37. The quantitative estimate of drug-likeness (QED) is 0.805. The van der Waals surface area contributed by atoms with Gasteiger partial charge in [0.25, 0.3) is 0 Å². The smallest absolute Gasteiger partial charge is 0.216 e. The molecule has 3 heteroatoms. The molecule has 0 spiro atoms. The minimum Gasteiger partial charge on any atom is -0.475 e. The number of hydrogen-bond acceptors (Lipinski definition) is 3. The molecule has 0 aliphatic heterocycles. The van der Waals surface area contributed by atoms with Gasteiger partial charge in [-0.05, 0) is 38.8 Å². The first-order valence-corrected chi connectivity index (χ1v) is 5.44. The Balaban J connectivity index is 2.76. The van der Waals surface area contributed by atoms with Crippen molar-refractivity contribution in [2.24, 2.45) is 11.7 Å². The van der Waals surface area contributed by atoms with Gasteiger partial charge in [-0.25, -0.2) is 4.98 Å². The summed E-state index contributed by atoms with van der Waals surface area (Å²) in [6.07, 6.45) is 2.84. The summed E-state index contributed by atoms with van der Waals surface area (Å²) in [5, 5.41) is 0. The van der Waals surface area contributed by atoms with E-state index in [-0.39, 0.29) is 6.10 Å². The molecule has 0 radical (unpaired) electrons. The maximum atomic E-state index is 5.64. The van der Waals surface area contributed by atoms with E-state index < -0.39 is 0 Å². The second-order valence-corrected chi connectivity index (χ2v) is 4.18. The Kier molecular flexibility index (Phi) is 4.56. The van der Waals surface area contributed by atoms with Gasteiger partial charge in [-0.15, -0.1) is 0 Å². The fourth-order valence-corrected chi connectivity index (χ4v) is 1.37. The van der Waals surface area contributed by atoms with Crippen molar-refractivity contribution in [2.45, 2.75) is 33.3 Å². The van der Waals surface area contributed by atoms with E-state index >= 15 is 0 Å². The maximum absolute atomic E-state index is 5.64. The molecule has 15 heavy (non-hydrogen) atoms. The molecule has 0 aliphatic carbocycles. The highest BCUT2D eigenvalue weighted by molar-refractivity contribution is 5.26. The molecule has 1 atom stereocenters. The van der Waals surface area contributed by atoms with Gasteiger partial charge in [0, 0.05) is 11.8 Å². The highest BCUT2D eigenvalue weighted by Gasteiger charge is 2.09. The van der Waals surface area contributed by atoms with Crippen LogP contribution in [-0.4, -0.2) is 17.6 Å². The third kappa shape index (κ3) is 3.88. The second-order valence-electron chi connectivity index (χ2n) is 4.18. The molecule has 0 aliphatic rings. The lowest BCUT2D eigenvalue weighted by molar-refractivity contribution is 0.229. The Hall–Kier alpha value is -1.09. The third-order valence-electron chi connectivity index (χ3n) is 2.17. The van der Waals surface area contributed by atoms with Crippen LogP contribution in [0.15, 0.2) is 18.3 Å². The summed E-state index contributed by atoms with van der Waals surface area (Å²) in [4.78, 5) is 4.24. The first kappa shape index (κ1) is 12.0. The lowest BCUT2D eigenvalue weighted by Gasteiger charge is -2.14. The van der Waals surface area contributed by atoms with E-state index in [1.807, 2.05) is 19.9 Å². The number of nitrogens with two attached hydrogens (primary N) is 1. The van der Waals surface area contributed by atoms with E-state index in [9.17, 15) is 0 Å². The molecule has 84 valence electrons. The number of hydrogen-bond donors (Lipinski definition) is 1. The summed E-state index contributed by atoms with van der Waals surface area (Å²) >= 11 is 0. The van der Waals surface area contributed by atoms with Crippen LogP contribution in [-0.2, 0) is 6.42 Å². The van der Waals surface area contributed by atoms with Crippen molar-refractivity contribution >= 4 is 0 Å². The molecule has 1 rings (SSSR count). The van der Waals surface area contributed by atoms with Crippen molar-refractivity contribution in [1.82, 2.24) is 4.98 Å². The molecule has 0 bridgehead atoms. The lowest BCUT2D eigenvalue weighted by atomic mass is 10.0. The zero-order valence-corrected chi connectivity index (χ0v) is 9.73. The zero-order valence-electron chi connectivity index (χ0n) is 9.73. The van der Waals surface area contributed by atoms with Crippen molar-refractivity contribution in [3.05, 3.63) is 23.9 Å². The van der Waals surface area contributed by atoms with Crippen LogP contribution in [0.2, 0.25) is 0 Å². The normalized spacial score (nSPS) is 12.9. The molecule has 0 amide bonds. The van der Waals surface area contributed by atoms with E-state index in [0.717, 1.165) is 17.9 Å². The lowest BCUT2D eigenvalue weighted by Crippen LogP contribution is -2.15. The molecular formula is C12H20N2O. The van der Waals surface area contributed by atoms with Crippen LogP contribution < -0.4 is 10.5 Å². The average molecular weight is 208 g/mol. The Morgan fingerprint density at radius 1 is 1.40 bits per heavy atom. The number of ether oxygens (including phenoxy) is 1. The molecule has 2 N–H and O–H groups in total. The summed E-state index contributed by atoms with van der Waals surface area (Å²) in [6, 6.07) is 3.99. The van der Waals surface area contributed by atoms with Crippen molar-refractivity contribution in [1.29, 1.82) is 0 Å². The summed E-state index contributed by atoms with van der Waals surface area (Å²) in [5.41, 5.74) is 6.75. The third-order valence-corrected chi connectivity index (χ3v) is 2.17. The van der Waals surface area contributed by atoms with Crippen LogP contribution in [0.1, 0.15) is 26.3 Å². The summed E-state index contributed by atoms with van der Waals surface area (Å²) < 4.78 is 5.64. The second kappa shape index (κ2) is 5.71. The molecule has 0 aromatic carbocycles. The molecular weight excluding hydrogens is 188 g/mol. The van der Waals surface area contributed by atoms with E-state index in [1.54, 1.807) is 6.20 Å². The highest BCUT2D eigenvalue weighted by atomic mass is 16.5. The molecule has 1 aromatic heterocycles. The SMILES string of the molecule is CC(CN)Cc1cccnc1OC(C)C. The van der Waals surface area contributed by atoms with Crippen molar-refractivity contribution in [3.8, 4) is 5.88 Å². The summed E-state index contributed by atoms with van der Waals surface area (Å²) in [7, 11) is 0. The topological polar surface area (TPSA) is 48.1 Å². The molecule has 1 unspecified atom stereocenters. The number of pyridine rings is 1. The van der Waals surface area contributed by atoms with Crippen LogP contribution in [0.3, 0.4) is 0 Å². The summed E-state index contributed by atoms with van der Waals surface area (Å²) in [5.74, 6) is 1.21. The highest BCUT2D eigenvalue weighted by Crippen LogP contribution is 2.19. The van der Waals surface area contributed by atoms with Crippen LogP contribution >= 0.6 is 0 Å². The van der Waals surface area contributed by atoms with E-state index in [2.05, 4.69) is 18.0 Å². The van der Waals surface area contributed by atoms with Gasteiger partial charge in [0.05, 0.1) is 6.10 Å². The Morgan fingerprint density at radius 2 is 2.13 bits per heavy atom. The predicted molar refractivity (Wildman–Crippen MR) is 61.9 cm³/mol. The predicted octanol–water partition coefficient (Wildman–Crippen LogP) is 2.01. The van der Waals surface area contributed by atoms with E-state index in [1.165, 1.54) is 0 Å². The molecule has 3 nitrogen and oxygen atoms in total. The van der Waals surface area contributed by atoms with Crippen LogP contribution in [0.4, 0.5) is 0 Å². The van der Waals surface area contributed by atoms with E-state index in [4.69, 9.17) is 10.5 Å². The first-order chi connectivity index (χ1) is 7.13. The Labute approximate surface area is 91.7 Å². The van der Waals surface area contributed by atoms with Crippen molar-refractivity contribution in [3.63, 3.8) is 0 Å². The Morgan fingerprint density at radius 3 is 2.73 bits per heavy atom. The number of nitrogens with zero attached hydrogens (tertiary/aromatic N) is 1. The van der Waals surface area contributed by atoms with Crippen LogP contribution in [0, 0.1) is 5.92 Å². The van der Waals surface area contributed by atoms with Gasteiger partial charge >= 0.3 is 0 Å².